The molecule has 0 aliphatic rings. The Morgan fingerprint density at radius 3 is 0.979 bits per heavy atom. The van der Waals surface area contributed by atoms with Crippen LogP contribution in [0.4, 0.5) is 0 Å². The summed E-state index contributed by atoms with van der Waals surface area (Å²) in [7, 11) is 3.95. The van der Waals surface area contributed by atoms with Crippen molar-refractivity contribution in [2.24, 2.45) is 0 Å². The van der Waals surface area contributed by atoms with E-state index in [0.717, 1.165) is 33.1 Å². The molecule has 258 valence electrons. The molecule has 4 heterocycles. The predicted molar refractivity (Wildman–Crippen MR) is 187 cm³/mol. The fourth-order valence-electron chi connectivity index (χ4n) is 4.37. The maximum absolute atomic E-state index is 5.88. The van der Waals surface area contributed by atoms with Crippen molar-refractivity contribution in [1.29, 1.82) is 0 Å². The molecule has 0 N–H and O–H groups in total. The van der Waals surface area contributed by atoms with Gasteiger partial charge in [0.25, 0.3) is 0 Å². The van der Waals surface area contributed by atoms with Crippen molar-refractivity contribution in [2.45, 2.75) is 41.5 Å². The Morgan fingerprint density at radius 1 is 0.468 bits per heavy atom. The van der Waals surface area contributed by atoms with Crippen LogP contribution in [0.3, 0.4) is 0 Å². The summed E-state index contributed by atoms with van der Waals surface area (Å²) in [5, 5.41) is 1.75. The summed E-state index contributed by atoms with van der Waals surface area (Å²) in [6, 6.07) is 19.3. The number of hydrogen-bond acceptors (Lipinski definition) is 10. The molecular formula is C32H44Cl2N4O6RuSi2. The standard InChI is InChI=1S/2C16H22N2O3Si.2ClH.Ru/c2*1-4-19-22(20-5-2,21-6-3)14-10-11-16(18-13-14)15-9-7-8-12-17-15;;;/h2*7-13H,4-6H2,1-3H3;2*1H;/q;;;;+2/p-2. The Labute approximate surface area is 296 Å². The van der Waals surface area contributed by atoms with E-state index in [2.05, 4.69) is 19.9 Å². The van der Waals surface area contributed by atoms with E-state index in [-0.39, 0.29) is 15.1 Å². The van der Waals surface area contributed by atoms with Crippen molar-refractivity contribution in [3.8, 4) is 22.8 Å². The molecule has 4 aromatic rings. The van der Waals surface area contributed by atoms with E-state index in [0.29, 0.717) is 39.6 Å². The van der Waals surface area contributed by atoms with Crippen LogP contribution in [0.25, 0.3) is 22.8 Å². The summed E-state index contributed by atoms with van der Waals surface area (Å²) in [6.07, 6.45) is 7.06. The van der Waals surface area contributed by atoms with Gasteiger partial charge in [-0.2, -0.15) is 0 Å². The van der Waals surface area contributed by atoms with Gasteiger partial charge >= 0.3 is 52.1 Å². The van der Waals surface area contributed by atoms with E-state index in [1.807, 2.05) is 102 Å². The molecule has 0 saturated heterocycles. The van der Waals surface area contributed by atoms with Gasteiger partial charge in [0.2, 0.25) is 0 Å². The third kappa shape index (κ3) is 12.8. The van der Waals surface area contributed by atoms with Crippen LogP contribution in [-0.4, -0.2) is 77.2 Å². The summed E-state index contributed by atoms with van der Waals surface area (Å²) in [4.78, 5) is 17.6. The van der Waals surface area contributed by atoms with Crippen LogP contribution < -0.4 is 10.4 Å². The summed E-state index contributed by atoms with van der Waals surface area (Å²) < 4.78 is 35.3. The molecule has 0 spiro atoms. The molecule has 0 aliphatic carbocycles. The zero-order valence-corrected chi connectivity index (χ0v) is 32.9. The second kappa shape index (κ2) is 23.4. The second-order valence-corrected chi connectivity index (χ2v) is 16.8. The normalized spacial score (nSPS) is 11.3. The molecule has 0 aromatic carbocycles. The number of halogens is 2. The fraction of sp³-hybridized carbons (Fsp3) is 0.375. The average molecular weight is 809 g/mol. The number of aromatic nitrogens is 4. The van der Waals surface area contributed by atoms with Gasteiger partial charge in [0.05, 0.1) is 22.8 Å². The molecule has 0 amide bonds. The third-order valence-electron chi connectivity index (χ3n) is 6.09. The van der Waals surface area contributed by atoms with Crippen molar-refractivity contribution in [2.75, 3.05) is 39.6 Å². The molecule has 15 heteroatoms. The molecule has 0 saturated carbocycles. The summed E-state index contributed by atoms with van der Waals surface area (Å²) in [6.45, 7) is 14.9. The molecule has 47 heavy (non-hydrogen) atoms. The minimum atomic E-state index is -2.88. The van der Waals surface area contributed by atoms with Gasteiger partial charge in [0, 0.05) is 74.8 Å². The quantitative estimate of drug-likeness (QED) is 0.122. The van der Waals surface area contributed by atoms with Crippen LogP contribution in [0.5, 0.6) is 0 Å². The van der Waals surface area contributed by atoms with Crippen molar-refractivity contribution in [1.82, 2.24) is 19.9 Å². The second-order valence-electron chi connectivity index (χ2n) is 9.06. The van der Waals surface area contributed by atoms with Crippen LogP contribution in [0, 0.1) is 0 Å². The Kier molecular flexibility index (Phi) is 20.5. The molecular weight excluding hydrogens is 765 g/mol. The Bertz CT molecular complexity index is 1230. The first kappa shape index (κ1) is 41.2. The predicted octanol–water partition coefficient (Wildman–Crippen LogP) is 6.17. The average Bonchev–Trinajstić information content (AvgIpc) is 3.10. The summed E-state index contributed by atoms with van der Waals surface area (Å²) in [5.74, 6) is 0. The molecule has 4 rings (SSSR count). The Morgan fingerprint density at radius 2 is 0.766 bits per heavy atom. The van der Waals surface area contributed by atoms with Gasteiger partial charge in [0.15, 0.2) is 0 Å². The van der Waals surface area contributed by atoms with Gasteiger partial charge in [-0.3, -0.25) is 19.9 Å². The monoisotopic (exact) mass is 808 g/mol. The molecule has 4 aromatic heterocycles. The van der Waals surface area contributed by atoms with Crippen molar-refractivity contribution >= 4 is 47.4 Å². The van der Waals surface area contributed by atoms with Gasteiger partial charge in [0.1, 0.15) is 0 Å². The van der Waals surface area contributed by atoms with Crippen LogP contribution in [-0.2, 0) is 41.7 Å². The van der Waals surface area contributed by atoms with E-state index in [4.69, 9.17) is 45.9 Å². The first-order valence-corrected chi connectivity index (χ1v) is 23.3. The minimum absolute atomic E-state index is 0.346. The molecule has 0 radical (unpaired) electrons. The molecule has 10 nitrogen and oxygen atoms in total. The third-order valence-corrected chi connectivity index (χ3v) is 12.1. The first-order chi connectivity index (χ1) is 22.9. The number of rotatable bonds is 16. The number of nitrogens with zero attached hydrogens (tertiary/aromatic N) is 4. The summed E-state index contributed by atoms with van der Waals surface area (Å²) in [5.41, 5.74) is 3.31. The summed E-state index contributed by atoms with van der Waals surface area (Å²) >= 11 is -0.346. The van der Waals surface area contributed by atoms with Gasteiger partial charge in [-0.1, -0.05) is 24.3 Å². The van der Waals surface area contributed by atoms with Crippen LogP contribution >= 0.6 is 19.4 Å². The molecule has 0 bridgehead atoms. The zero-order valence-electron chi connectivity index (χ0n) is 27.7. The van der Waals surface area contributed by atoms with E-state index >= 15 is 0 Å². The van der Waals surface area contributed by atoms with Crippen molar-refractivity contribution in [3.05, 3.63) is 85.5 Å². The van der Waals surface area contributed by atoms with Gasteiger partial charge in [-0.25, -0.2) is 0 Å². The first-order valence-electron chi connectivity index (χ1n) is 15.4. The molecule has 0 fully saturated rings. The van der Waals surface area contributed by atoms with Gasteiger partial charge in [-0.05, 0) is 77.9 Å². The molecule has 0 unspecified atom stereocenters. The van der Waals surface area contributed by atoms with Crippen LogP contribution in [0.2, 0.25) is 0 Å². The van der Waals surface area contributed by atoms with Crippen LogP contribution in [0.1, 0.15) is 41.5 Å². The van der Waals surface area contributed by atoms with E-state index in [1.165, 1.54) is 0 Å². The van der Waals surface area contributed by atoms with E-state index in [1.54, 1.807) is 24.8 Å². The van der Waals surface area contributed by atoms with Crippen molar-refractivity contribution in [3.63, 3.8) is 0 Å². The van der Waals surface area contributed by atoms with Crippen molar-refractivity contribution < 1.29 is 41.7 Å². The zero-order chi connectivity index (χ0) is 34.4. The molecule has 0 aliphatic heterocycles. The fourth-order valence-corrected chi connectivity index (χ4v) is 9.17. The van der Waals surface area contributed by atoms with Gasteiger partial charge in [-0.15, -0.1) is 0 Å². The van der Waals surface area contributed by atoms with Crippen LogP contribution in [0.15, 0.2) is 85.5 Å². The number of pyridine rings is 4. The Balaban J connectivity index is 0.000000302. The molecule has 0 atom stereocenters. The topological polar surface area (TPSA) is 107 Å². The number of hydrogen-bond donors (Lipinski definition) is 0. The van der Waals surface area contributed by atoms with E-state index < -0.39 is 17.6 Å². The SMILES string of the molecule is CCO[Si](OCC)(OCC)c1ccc(-c2ccccn2)nc1.CCO[Si](OCC)(OCC)c1ccc(-c2ccccn2)nc1.[Cl][Ru][Cl]. The van der Waals surface area contributed by atoms with E-state index in [9.17, 15) is 0 Å². The van der Waals surface area contributed by atoms with Gasteiger partial charge < -0.3 is 26.6 Å². The maximum atomic E-state index is 5.88. The Hall–Kier alpha value is -2.00.